The summed E-state index contributed by atoms with van der Waals surface area (Å²) in [4.78, 5) is 5.36. The van der Waals surface area contributed by atoms with Gasteiger partial charge in [0.05, 0.1) is 12.1 Å². The van der Waals surface area contributed by atoms with Crippen molar-refractivity contribution in [3.63, 3.8) is 0 Å². The average molecular weight is 295 g/mol. The van der Waals surface area contributed by atoms with Gasteiger partial charge in [0.15, 0.2) is 0 Å². The summed E-state index contributed by atoms with van der Waals surface area (Å²) in [6.45, 7) is 10.5. The van der Waals surface area contributed by atoms with Crippen molar-refractivity contribution in [1.82, 2.24) is 15.1 Å². The van der Waals surface area contributed by atoms with Crippen molar-refractivity contribution in [2.75, 3.05) is 39.3 Å². The number of piperazine rings is 1. The Bertz CT molecular complexity index is 347. The minimum absolute atomic E-state index is 0.0557. The van der Waals surface area contributed by atoms with Gasteiger partial charge in [-0.2, -0.15) is 0 Å². The molecule has 3 unspecified atom stereocenters. The van der Waals surface area contributed by atoms with E-state index in [0.717, 1.165) is 19.1 Å². The molecule has 0 amide bonds. The molecule has 0 aromatic rings. The summed E-state index contributed by atoms with van der Waals surface area (Å²) in [5.74, 6) is 0.680. The maximum atomic E-state index is 10.1. The first kappa shape index (κ1) is 15.7. The number of nitrogens with one attached hydrogen (secondary N) is 1. The first-order chi connectivity index (χ1) is 10.2. The Hall–Kier alpha value is -0.160. The molecule has 0 spiro atoms. The highest BCUT2D eigenvalue weighted by Crippen LogP contribution is 2.40. The third kappa shape index (κ3) is 3.29. The fourth-order valence-electron chi connectivity index (χ4n) is 4.55. The SMILES string of the molecule is CCNC(CO)(CN1CC2CCCCN2CC1C)C1CC1. The van der Waals surface area contributed by atoms with E-state index in [4.69, 9.17) is 0 Å². The van der Waals surface area contributed by atoms with E-state index in [1.807, 2.05) is 0 Å². The van der Waals surface area contributed by atoms with Crippen LogP contribution in [0.15, 0.2) is 0 Å². The van der Waals surface area contributed by atoms with Crippen molar-refractivity contribution < 1.29 is 5.11 Å². The number of likely N-dealkylation sites (N-methyl/N-ethyl adjacent to an activating group) is 1. The maximum absolute atomic E-state index is 10.1. The lowest BCUT2D eigenvalue weighted by molar-refractivity contribution is -0.0114. The predicted molar refractivity (Wildman–Crippen MR) is 86.5 cm³/mol. The first-order valence-corrected chi connectivity index (χ1v) is 9.02. The van der Waals surface area contributed by atoms with Crippen LogP contribution in [0, 0.1) is 5.92 Å². The third-order valence-corrected chi connectivity index (χ3v) is 5.97. The topological polar surface area (TPSA) is 38.7 Å². The Morgan fingerprint density at radius 1 is 1.19 bits per heavy atom. The number of hydrogen-bond donors (Lipinski definition) is 2. The van der Waals surface area contributed by atoms with Crippen molar-refractivity contribution in [2.24, 2.45) is 5.92 Å². The summed E-state index contributed by atoms with van der Waals surface area (Å²) in [6.07, 6.45) is 6.70. The molecule has 1 saturated carbocycles. The smallest absolute Gasteiger partial charge is 0.0628 e. The summed E-state index contributed by atoms with van der Waals surface area (Å²) >= 11 is 0. The minimum Gasteiger partial charge on any atom is -0.394 e. The molecule has 122 valence electrons. The van der Waals surface area contributed by atoms with Crippen LogP contribution in [0.25, 0.3) is 0 Å². The van der Waals surface area contributed by atoms with Gasteiger partial charge in [-0.3, -0.25) is 9.80 Å². The zero-order valence-electron chi connectivity index (χ0n) is 13.9. The number of aliphatic hydroxyl groups is 1. The first-order valence-electron chi connectivity index (χ1n) is 9.02. The van der Waals surface area contributed by atoms with Gasteiger partial charge >= 0.3 is 0 Å². The van der Waals surface area contributed by atoms with Crippen LogP contribution >= 0.6 is 0 Å². The quantitative estimate of drug-likeness (QED) is 0.775. The molecule has 4 heteroatoms. The van der Waals surface area contributed by atoms with Crippen molar-refractivity contribution >= 4 is 0 Å². The second-order valence-corrected chi connectivity index (χ2v) is 7.54. The van der Waals surface area contributed by atoms with Crippen LogP contribution in [0.5, 0.6) is 0 Å². The van der Waals surface area contributed by atoms with Gasteiger partial charge in [0.25, 0.3) is 0 Å². The van der Waals surface area contributed by atoms with Crippen LogP contribution in [0.4, 0.5) is 0 Å². The van der Waals surface area contributed by atoms with Crippen molar-refractivity contribution in [1.29, 1.82) is 0 Å². The van der Waals surface area contributed by atoms with Gasteiger partial charge in [-0.15, -0.1) is 0 Å². The molecule has 0 bridgehead atoms. The van der Waals surface area contributed by atoms with E-state index in [9.17, 15) is 5.11 Å². The number of hydrogen-bond acceptors (Lipinski definition) is 4. The van der Waals surface area contributed by atoms with E-state index in [1.165, 1.54) is 51.7 Å². The van der Waals surface area contributed by atoms with Crippen molar-refractivity contribution in [2.45, 2.75) is 63.6 Å². The lowest BCUT2D eigenvalue weighted by Gasteiger charge is -2.50. The second-order valence-electron chi connectivity index (χ2n) is 7.54. The summed E-state index contributed by atoms with van der Waals surface area (Å²) in [6, 6.07) is 1.37. The molecule has 2 aliphatic heterocycles. The molecule has 2 N–H and O–H groups in total. The number of aliphatic hydroxyl groups excluding tert-OH is 1. The van der Waals surface area contributed by atoms with E-state index < -0.39 is 0 Å². The summed E-state index contributed by atoms with van der Waals surface area (Å²) < 4.78 is 0. The zero-order chi connectivity index (χ0) is 14.9. The van der Waals surface area contributed by atoms with Crippen molar-refractivity contribution in [3.8, 4) is 0 Å². The molecule has 0 radical (unpaired) electrons. The molecule has 0 aromatic carbocycles. The second kappa shape index (κ2) is 6.53. The lowest BCUT2D eigenvalue weighted by atomic mass is 9.90. The van der Waals surface area contributed by atoms with Crippen LogP contribution < -0.4 is 5.32 Å². The molecule has 2 saturated heterocycles. The molecule has 3 aliphatic rings. The molecule has 4 nitrogen and oxygen atoms in total. The zero-order valence-corrected chi connectivity index (χ0v) is 13.9. The van der Waals surface area contributed by atoms with Crippen LogP contribution in [-0.4, -0.2) is 71.9 Å². The predicted octanol–water partition coefficient (Wildman–Crippen LogP) is 1.30. The van der Waals surface area contributed by atoms with Crippen LogP contribution in [0.2, 0.25) is 0 Å². The molecule has 1 aliphatic carbocycles. The van der Waals surface area contributed by atoms with Gasteiger partial charge in [-0.1, -0.05) is 13.3 Å². The molecule has 2 heterocycles. The number of piperidine rings is 1. The molecule has 21 heavy (non-hydrogen) atoms. The number of nitrogens with zero attached hydrogens (tertiary/aromatic N) is 2. The molecular formula is C17H33N3O. The minimum atomic E-state index is -0.0557. The molecule has 3 rings (SSSR count). The van der Waals surface area contributed by atoms with Gasteiger partial charge in [-0.25, -0.2) is 0 Å². The highest BCUT2D eigenvalue weighted by atomic mass is 16.3. The van der Waals surface area contributed by atoms with Crippen LogP contribution in [-0.2, 0) is 0 Å². The number of rotatable bonds is 6. The Morgan fingerprint density at radius 3 is 2.67 bits per heavy atom. The Balaban J connectivity index is 1.67. The summed E-state index contributed by atoms with van der Waals surface area (Å²) in [7, 11) is 0. The number of fused-ring (bicyclic) bond motifs is 1. The summed E-state index contributed by atoms with van der Waals surface area (Å²) in [5.41, 5.74) is -0.0557. The molecule has 3 atom stereocenters. The fourth-order valence-corrected chi connectivity index (χ4v) is 4.55. The van der Waals surface area contributed by atoms with Gasteiger partial charge in [0, 0.05) is 31.7 Å². The van der Waals surface area contributed by atoms with Gasteiger partial charge < -0.3 is 10.4 Å². The molecular weight excluding hydrogens is 262 g/mol. The van der Waals surface area contributed by atoms with E-state index >= 15 is 0 Å². The largest absolute Gasteiger partial charge is 0.394 e. The lowest BCUT2D eigenvalue weighted by Crippen LogP contribution is -2.65. The fraction of sp³-hybridized carbons (Fsp3) is 1.00. The normalized spacial score (nSPS) is 34.4. The highest BCUT2D eigenvalue weighted by Gasteiger charge is 2.47. The maximum Gasteiger partial charge on any atom is 0.0628 e. The van der Waals surface area contributed by atoms with Crippen molar-refractivity contribution in [3.05, 3.63) is 0 Å². The van der Waals surface area contributed by atoms with Crippen LogP contribution in [0.3, 0.4) is 0 Å². The third-order valence-electron chi connectivity index (χ3n) is 5.97. The van der Waals surface area contributed by atoms with E-state index in [0.29, 0.717) is 12.0 Å². The van der Waals surface area contributed by atoms with Gasteiger partial charge in [0.2, 0.25) is 0 Å². The average Bonchev–Trinajstić information content (AvgIpc) is 3.32. The van der Waals surface area contributed by atoms with E-state index in [2.05, 4.69) is 29.0 Å². The van der Waals surface area contributed by atoms with E-state index in [-0.39, 0.29) is 12.1 Å². The monoisotopic (exact) mass is 295 g/mol. The Labute approximate surface area is 129 Å². The van der Waals surface area contributed by atoms with Crippen LogP contribution in [0.1, 0.15) is 46.0 Å². The van der Waals surface area contributed by atoms with Gasteiger partial charge in [-0.05, 0) is 51.6 Å². The summed E-state index contributed by atoms with van der Waals surface area (Å²) in [5, 5.41) is 13.7. The van der Waals surface area contributed by atoms with Gasteiger partial charge in [0.1, 0.15) is 0 Å². The Kier molecular flexibility index (Phi) is 4.89. The molecule has 3 fully saturated rings. The highest BCUT2D eigenvalue weighted by molar-refractivity contribution is 5.04. The molecule has 0 aromatic heterocycles. The van der Waals surface area contributed by atoms with E-state index in [1.54, 1.807) is 0 Å². The standard InChI is InChI=1S/C17H33N3O/c1-3-18-17(13-21,15-7-8-15)12-20-11-16-6-4-5-9-19(16)10-14(20)2/h14-16,18,21H,3-13H2,1-2H3. The Morgan fingerprint density at radius 2 is 2.00 bits per heavy atom.